The first-order chi connectivity index (χ1) is 6.92. The lowest BCUT2D eigenvalue weighted by molar-refractivity contribution is 0.548. The first-order valence-electron chi connectivity index (χ1n) is 5.19. The van der Waals surface area contributed by atoms with Gasteiger partial charge in [-0.2, -0.15) is 11.8 Å². The van der Waals surface area contributed by atoms with Gasteiger partial charge in [0.15, 0.2) is 0 Å². The third-order valence-corrected chi connectivity index (χ3v) is 3.45. The summed E-state index contributed by atoms with van der Waals surface area (Å²) >= 11 is 1.90. The highest BCUT2D eigenvalue weighted by Crippen LogP contribution is 2.33. The Labute approximate surface area is 90.3 Å². The molecule has 0 aromatic heterocycles. The minimum absolute atomic E-state index is 0.771. The van der Waals surface area contributed by atoms with Gasteiger partial charge in [0.1, 0.15) is 0 Å². The van der Waals surface area contributed by atoms with E-state index in [4.69, 9.17) is 0 Å². The molecule has 1 nitrogen and oxygen atoms in total. The van der Waals surface area contributed by atoms with Crippen molar-refractivity contribution in [1.29, 1.82) is 0 Å². The molecule has 1 unspecified atom stereocenters. The molecule has 2 rings (SSSR count). The molecule has 14 heavy (non-hydrogen) atoms. The molecule has 0 saturated heterocycles. The lowest BCUT2D eigenvalue weighted by Crippen LogP contribution is -2.30. The molecule has 0 radical (unpaired) electrons. The van der Waals surface area contributed by atoms with Gasteiger partial charge in [-0.15, -0.1) is 0 Å². The fraction of sp³-hybridized carbons (Fsp3) is 0.500. The predicted molar refractivity (Wildman–Crippen MR) is 64.1 cm³/mol. The molecule has 76 valence electrons. The lowest BCUT2D eigenvalue weighted by Gasteiger charge is -2.30. The Morgan fingerprint density at radius 3 is 3.07 bits per heavy atom. The monoisotopic (exact) mass is 207 g/mol. The maximum atomic E-state index is 3.51. The summed E-state index contributed by atoms with van der Waals surface area (Å²) in [5.74, 6) is 1.99. The SMILES string of the molecule is CSCCNCC1Cc2ccccc21. The molecule has 2 heteroatoms. The Bertz CT molecular complexity index is 298. The van der Waals surface area contributed by atoms with Gasteiger partial charge in [0.2, 0.25) is 0 Å². The van der Waals surface area contributed by atoms with E-state index in [1.165, 1.54) is 12.2 Å². The first kappa shape index (κ1) is 10.1. The third kappa shape index (κ3) is 2.12. The number of hydrogen-bond acceptors (Lipinski definition) is 2. The zero-order chi connectivity index (χ0) is 9.80. The van der Waals surface area contributed by atoms with E-state index in [0.717, 1.165) is 19.0 Å². The van der Waals surface area contributed by atoms with Gasteiger partial charge in [0.05, 0.1) is 0 Å². The molecule has 1 aliphatic carbocycles. The molecular weight excluding hydrogens is 190 g/mol. The second-order valence-electron chi connectivity index (χ2n) is 3.80. The van der Waals surface area contributed by atoms with Gasteiger partial charge >= 0.3 is 0 Å². The number of nitrogens with one attached hydrogen (secondary N) is 1. The minimum atomic E-state index is 0.771. The molecule has 1 aliphatic rings. The lowest BCUT2D eigenvalue weighted by atomic mass is 9.78. The number of hydrogen-bond donors (Lipinski definition) is 1. The molecule has 0 spiro atoms. The fourth-order valence-corrected chi connectivity index (χ4v) is 2.34. The molecule has 0 bridgehead atoms. The molecule has 0 fully saturated rings. The van der Waals surface area contributed by atoms with Gasteiger partial charge in [-0.3, -0.25) is 0 Å². The Balaban J connectivity index is 1.76. The first-order valence-corrected chi connectivity index (χ1v) is 6.58. The molecular formula is C12H17NS. The van der Waals surface area contributed by atoms with E-state index in [1.807, 2.05) is 11.8 Å². The molecule has 1 N–H and O–H groups in total. The van der Waals surface area contributed by atoms with E-state index in [1.54, 1.807) is 11.1 Å². The van der Waals surface area contributed by atoms with Crippen molar-refractivity contribution in [1.82, 2.24) is 5.32 Å². The van der Waals surface area contributed by atoms with Crippen molar-refractivity contribution in [2.24, 2.45) is 0 Å². The molecule has 0 amide bonds. The summed E-state index contributed by atoms with van der Waals surface area (Å²) < 4.78 is 0. The van der Waals surface area contributed by atoms with Crippen LogP contribution in [0.15, 0.2) is 24.3 Å². The van der Waals surface area contributed by atoms with Crippen molar-refractivity contribution in [3.8, 4) is 0 Å². The van der Waals surface area contributed by atoms with Crippen LogP contribution in [-0.2, 0) is 6.42 Å². The summed E-state index contributed by atoms with van der Waals surface area (Å²) in [6.07, 6.45) is 3.42. The van der Waals surface area contributed by atoms with Crippen molar-refractivity contribution in [3.05, 3.63) is 35.4 Å². The highest BCUT2D eigenvalue weighted by molar-refractivity contribution is 7.98. The van der Waals surface area contributed by atoms with Crippen LogP contribution < -0.4 is 5.32 Å². The van der Waals surface area contributed by atoms with Gasteiger partial charge in [-0.25, -0.2) is 0 Å². The number of rotatable bonds is 5. The van der Waals surface area contributed by atoms with E-state index >= 15 is 0 Å². The van der Waals surface area contributed by atoms with Gasteiger partial charge in [0.25, 0.3) is 0 Å². The molecule has 0 aliphatic heterocycles. The molecule has 1 aromatic rings. The van der Waals surface area contributed by atoms with E-state index in [-0.39, 0.29) is 0 Å². The van der Waals surface area contributed by atoms with Crippen LogP contribution in [0.3, 0.4) is 0 Å². The van der Waals surface area contributed by atoms with E-state index < -0.39 is 0 Å². The Morgan fingerprint density at radius 2 is 2.29 bits per heavy atom. The van der Waals surface area contributed by atoms with Crippen LogP contribution >= 0.6 is 11.8 Å². The van der Waals surface area contributed by atoms with Gasteiger partial charge in [-0.05, 0) is 23.8 Å². The summed E-state index contributed by atoms with van der Waals surface area (Å²) in [6.45, 7) is 2.29. The number of thioether (sulfide) groups is 1. The van der Waals surface area contributed by atoms with E-state index in [2.05, 4.69) is 35.8 Å². The largest absolute Gasteiger partial charge is 0.315 e. The van der Waals surface area contributed by atoms with Crippen LogP contribution in [-0.4, -0.2) is 25.1 Å². The van der Waals surface area contributed by atoms with E-state index in [9.17, 15) is 0 Å². The normalized spacial score (nSPS) is 18.8. The quantitative estimate of drug-likeness (QED) is 0.743. The summed E-state index contributed by atoms with van der Waals surface area (Å²) in [5.41, 5.74) is 3.10. The molecule has 0 saturated carbocycles. The van der Waals surface area contributed by atoms with Crippen LogP contribution in [0.25, 0.3) is 0 Å². The maximum absolute atomic E-state index is 3.51. The van der Waals surface area contributed by atoms with E-state index in [0.29, 0.717) is 0 Å². The Morgan fingerprint density at radius 1 is 1.43 bits per heavy atom. The van der Waals surface area contributed by atoms with Gasteiger partial charge in [0, 0.05) is 24.8 Å². The second-order valence-corrected chi connectivity index (χ2v) is 4.78. The minimum Gasteiger partial charge on any atom is -0.315 e. The molecule has 1 aromatic carbocycles. The number of fused-ring (bicyclic) bond motifs is 1. The molecule has 1 atom stereocenters. The van der Waals surface area contributed by atoms with Crippen molar-refractivity contribution >= 4 is 11.8 Å². The van der Waals surface area contributed by atoms with Crippen LogP contribution in [0.5, 0.6) is 0 Å². The topological polar surface area (TPSA) is 12.0 Å². The predicted octanol–water partition coefficient (Wildman–Crippen LogP) is 2.28. The van der Waals surface area contributed by atoms with Crippen LogP contribution in [0.2, 0.25) is 0 Å². The highest BCUT2D eigenvalue weighted by Gasteiger charge is 2.24. The van der Waals surface area contributed by atoms with Crippen molar-refractivity contribution in [2.75, 3.05) is 25.1 Å². The van der Waals surface area contributed by atoms with Crippen LogP contribution in [0, 0.1) is 0 Å². The Kier molecular flexibility index (Phi) is 3.49. The van der Waals surface area contributed by atoms with Crippen molar-refractivity contribution in [2.45, 2.75) is 12.3 Å². The van der Waals surface area contributed by atoms with Crippen LogP contribution in [0.1, 0.15) is 17.0 Å². The fourth-order valence-electron chi connectivity index (χ4n) is 2.00. The second kappa shape index (κ2) is 4.85. The summed E-state index contributed by atoms with van der Waals surface area (Å²) in [4.78, 5) is 0. The summed E-state index contributed by atoms with van der Waals surface area (Å²) in [6, 6.07) is 8.79. The molecule has 0 heterocycles. The number of benzene rings is 1. The zero-order valence-electron chi connectivity index (χ0n) is 8.62. The average molecular weight is 207 g/mol. The van der Waals surface area contributed by atoms with Crippen LogP contribution in [0.4, 0.5) is 0 Å². The average Bonchev–Trinajstić information content (AvgIpc) is 2.19. The Hall–Kier alpha value is -0.470. The summed E-state index contributed by atoms with van der Waals surface area (Å²) in [5, 5.41) is 3.51. The maximum Gasteiger partial charge on any atom is 0.00553 e. The smallest absolute Gasteiger partial charge is 0.00553 e. The third-order valence-electron chi connectivity index (χ3n) is 2.83. The van der Waals surface area contributed by atoms with Crippen molar-refractivity contribution in [3.63, 3.8) is 0 Å². The summed E-state index contributed by atoms with van der Waals surface area (Å²) in [7, 11) is 0. The van der Waals surface area contributed by atoms with Gasteiger partial charge < -0.3 is 5.32 Å². The zero-order valence-corrected chi connectivity index (χ0v) is 9.44. The highest BCUT2D eigenvalue weighted by atomic mass is 32.2. The van der Waals surface area contributed by atoms with Crippen molar-refractivity contribution < 1.29 is 0 Å². The standard InChI is InChI=1S/C12H17NS/c1-14-7-6-13-9-11-8-10-4-2-3-5-12(10)11/h2-5,11,13H,6-9H2,1H3. The van der Waals surface area contributed by atoms with Gasteiger partial charge in [-0.1, -0.05) is 24.3 Å².